The van der Waals surface area contributed by atoms with Gasteiger partial charge in [0.25, 0.3) is 5.96 Å². The van der Waals surface area contributed by atoms with Crippen LogP contribution in [0.1, 0.15) is 0 Å². The van der Waals surface area contributed by atoms with Crippen molar-refractivity contribution in [3.63, 3.8) is 0 Å². The second-order valence-corrected chi connectivity index (χ2v) is 0.659. The minimum Gasteiger partial charge on any atom is -0.415 e. The highest BCUT2D eigenvalue weighted by atomic mass is 15.0. The number of nitrogens with two attached hydrogens (primary N) is 2. The fourth-order valence-corrected chi connectivity index (χ4v) is 0. The van der Waals surface area contributed by atoms with Gasteiger partial charge in [-0.2, -0.15) is 0 Å². The summed E-state index contributed by atoms with van der Waals surface area (Å²) in [5.41, 5.74) is 4.76. The molecule has 0 aliphatic carbocycles. The summed E-state index contributed by atoms with van der Waals surface area (Å²) in [4.78, 5) is 0. The maximum Gasteiger partial charge on any atom is 0.261 e. The van der Waals surface area contributed by atoms with Crippen molar-refractivity contribution < 1.29 is 5.32 Å². The molecule has 5 N–H and O–H groups in total. The molecule has 5 heavy (non-hydrogen) atoms. The zero-order valence-corrected chi connectivity index (χ0v) is 2.86. The Bertz CT molecular complexity index is 40.2. The molecule has 0 aromatic carbocycles. The third kappa shape index (κ3) is 3.43. The van der Waals surface area contributed by atoms with E-state index in [-0.39, 0.29) is 5.96 Å². The maximum atomic E-state index is 6.40. The van der Waals surface area contributed by atoms with E-state index in [0.29, 0.717) is 0 Å². The first-order valence-electron chi connectivity index (χ1n) is 1.24. The Morgan fingerprint density at radius 3 is 2.20 bits per heavy atom. The molecule has 0 radical (unpaired) electrons. The van der Waals surface area contributed by atoms with Crippen LogP contribution >= 0.6 is 0 Å². The van der Waals surface area contributed by atoms with Crippen LogP contribution in [0.4, 0.5) is 0 Å². The number of hydrogen-bond acceptors (Lipinski definition) is 1. The molecule has 0 fully saturated rings. The monoisotopic (exact) mass is 73.1 g/mol. The van der Waals surface area contributed by atoms with Crippen molar-refractivity contribution in [2.75, 3.05) is 0 Å². The van der Waals surface area contributed by atoms with E-state index >= 15 is 0 Å². The first kappa shape index (κ1) is 4.43. The molecule has 0 bridgehead atoms. The van der Waals surface area contributed by atoms with Crippen LogP contribution < -0.4 is 11.1 Å². The topological polar surface area (TPSA) is 66.5 Å². The largest absolute Gasteiger partial charge is 0.415 e. The van der Waals surface area contributed by atoms with Gasteiger partial charge in [0.05, 0.1) is 0 Å². The zero-order chi connectivity index (χ0) is 4.28. The van der Waals surface area contributed by atoms with Gasteiger partial charge in [0.15, 0.2) is 0 Å². The average molecular weight is 73.1 g/mol. The van der Waals surface area contributed by atoms with Crippen LogP contribution in [-0.2, 0) is 0 Å². The summed E-state index contributed by atoms with van der Waals surface area (Å²) < 4.78 is 0. The van der Waals surface area contributed by atoms with Crippen LogP contribution in [0, 0.1) is 12.5 Å². The van der Waals surface area contributed by atoms with Crippen molar-refractivity contribution in [3.05, 3.63) is 7.05 Å². The Morgan fingerprint density at radius 1 is 2.00 bits per heavy atom. The summed E-state index contributed by atoms with van der Waals surface area (Å²) in [6, 6.07) is 0. The summed E-state index contributed by atoms with van der Waals surface area (Å²) in [5, 5.41) is 7.68. The lowest BCUT2D eigenvalue weighted by Gasteiger charge is -1.86. The minimum atomic E-state index is 0.0185. The molecule has 0 saturated heterocycles. The molecular weight excluding hydrogens is 66.0 g/mol. The highest BCUT2D eigenvalue weighted by Crippen LogP contribution is 1.13. The Hall–Kier alpha value is -0.570. The Labute approximate surface area is 30.7 Å². The second kappa shape index (κ2) is 1.72. The maximum absolute atomic E-state index is 6.40. The molecule has 0 rings (SSSR count). The first-order chi connectivity index (χ1) is 2.27. The van der Waals surface area contributed by atoms with Crippen LogP contribution in [0.25, 0.3) is 0 Å². The van der Waals surface area contributed by atoms with Gasteiger partial charge < -0.3 is 11.1 Å². The molecule has 0 saturated carbocycles. The molecule has 0 heterocycles. The summed E-state index contributed by atoms with van der Waals surface area (Å²) in [6.07, 6.45) is 0. The summed E-state index contributed by atoms with van der Waals surface area (Å²) in [7, 11) is 3.21. The van der Waals surface area contributed by atoms with Gasteiger partial charge in [0.1, 0.15) is 0 Å². The quantitative estimate of drug-likeness (QED) is 0.177. The zero-order valence-electron chi connectivity index (χ0n) is 2.86. The van der Waals surface area contributed by atoms with Crippen molar-refractivity contribution in [3.8, 4) is 0 Å². The van der Waals surface area contributed by atoms with Gasteiger partial charge in [-0.15, -0.1) is 7.05 Å². The SMILES string of the molecule is [CH2-][NH2+]C(=N)N. The Morgan fingerprint density at radius 2 is 2.20 bits per heavy atom. The number of rotatable bonds is 0. The van der Waals surface area contributed by atoms with E-state index in [9.17, 15) is 0 Å². The lowest BCUT2D eigenvalue weighted by molar-refractivity contribution is -0.473. The first-order valence-corrected chi connectivity index (χ1v) is 1.24. The van der Waals surface area contributed by atoms with Crippen molar-refractivity contribution in [2.24, 2.45) is 5.73 Å². The summed E-state index contributed by atoms with van der Waals surface area (Å²) >= 11 is 0. The fourth-order valence-electron chi connectivity index (χ4n) is 0. The molecule has 0 amide bonds. The highest BCUT2D eigenvalue weighted by molar-refractivity contribution is 5.63. The lowest BCUT2D eigenvalue weighted by Crippen LogP contribution is -2.84. The van der Waals surface area contributed by atoms with Gasteiger partial charge in [0, 0.05) is 0 Å². The minimum absolute atomic E-state index is 0.0185. The number of hydrogen-bond donors (Lipinski definition) is 3. The Balaban J connectivity index is 2.85. The van der Waals surface area contributed by atoms with Crippen molar-refractivity contribution in [1.29, 1.82) is 5.41 Å². The number of nitrogens with one attached hydrogen (secondary N) is 1. The molecule has 0 unspecified atom stereocenters. The second-order valence-electron chi connectivity index (χ2n) is 0.659. The molecule has 3 heteroatoms. The Kier molecular flexibility index (Phi) is 1.53. The molecule has 30 valence electrons. The van der Waals surface area contributed by atoms with Gasteiger partial charge in [-0.1, -0.05) is 0 Å². The van der Waals surface area contributed by atoms with Gasteiger partial charge in [0.2, 0.25) is 0 Å². The molecule has 0 aromatic rings. The standard InChI is InChI=1S/C2H7N3/c1-5-2(3)4/h1,5H2,(H3,3,4). The lowest BCUT2D eigenvalue weighted by atomic mass is 11.0. The van der Waals surface area contributed by atoms with E-state index in [1.165, 1.54) is 5.32 Å². The van der Waals surface area contributed by atoms with Crippen LogP contribution in [0.5, 0.6) is 0 Å². The van der Waals surface area contributed by atoms with Gasteiger partial charge >= 0.3 is 0 Å². The van der Waals surface area contributed by atoms with Crippen molar-refractivity contribution in [2.45, 2.75) is 0 Å². The van der Waals surface area contributed by atoms with Crippen molar-refractivity contribution >= 4 is 5.96 Å². The molecule has 0 atom stereocenters. The van der Waals surface area contributed by atoms with Crippen LogP contribution in [0.2, 0.25) is 0 Å². The van der Waals surface area contributed by atoms with Crippen LogP contribution in [-0.4, -0.2) is 5.96 Å². The van der Waals surface area contributed by atoms with Crippen LogP contribution in [0.3, 0.4) is 0 Å². The molecular formula is C2H7N3. The third-order valence-corrected chi connectivity index (χ3v) is 0.220. The fraction of sp³-hybridized carbons (Fsp3) is 0. The van der Waals surface area contributed by atoms with Gasteiger partial charge in [-0.3, -0.25) is 0 Å². The third-order valence-electron chi connectivity index (χ3n) is 0.220. The van der Waals surface area contributed by atoms with E-state index in [1.807, 2.05) is 0 Å². The predicted molar refractivity (Wildman–Crippen MR) is 19.2 cm³/mol. The molecule has 0 aliphatic heterocycles. The molecule has 3 nitrogen and oxygen atoms in total. The van der Waals surface area contributed by atoms with E-state index in [0.717, 1.165) is 0 Å². The molecule has 0 aliphatic rings. The summed E-state index contributed by atoms with van der Waals surface area (Å²) in [6.45, 7) is 0. The average Bonchev–Trinajstić information content (AvgIpc) is 1.38. The van der Waals surface area contributed by atoms with Gasteiger partial charge in [-0.05, 0) is 0 Å². The van der Waals surface area contributed by atoms with E-state index in [2.05, 4.69) is 7.05 Å². The highest BCUT2D eigenvalue weighted by Gasteiger charge is 1.67. The smallest absolute Gasteiger partial charge is 0.261 e. The number of guanidine groups is 1. The van der Waals surface area contributed by atoms with Gasteiger partial charge in [-0.25, -0.2) is 5.41 Å². The van der Waals surface area contributed by atoms with E-state index < -0.39 is 0 Å². The van der Waals surface area contributed by atoms with Crippen molar-refractivity contribution in [1.82, 2.24) is 0 Å². The van der Waals surface area contributed by atoms with E-state index in [4.69, 9.17) is 11.1 Å². The van der Waals surface area contributed by atoms with E-state index in [1.54, 1.807) is 0 Å². The molecule has 0 spiro atoms. The number of quaternary nitrogens is 1. The predicted octanol–water partition coefficient (Wildman–Crippen LogP) is -1.77. The molecule has 0 aromatic heterocycles. The normalized spacial score (nSPS) is 7.40. The summed E-state index contributed by atoms with van der Waals surface area (Å²) in [5.74, 6) is 0.0185. The van der Waals surface area contributed by atoms with Crippen LogP contribution in [0.15, 0.2) is 0 Å².